The van der Waals surface area contributed by atoms with Gasteiger partial charge in [-0.2, -0.15) is 4.98 Å². The summed E-state index contributed by atoms with van der Waals surface area (Å²) in [6.07, 6.45) is 0.689. The molecular formula is C12H17N5O2. The monoisotopic (exact) mass is 263 g/mol. The fourth-order valence-corrected chi connectivity index (χ4v) is 1.48. The van der Waals surface area contributed by atoms with Crippen LogP contribution in [0, 0.1) is 0 Å². The van der Waals surface area contributed by atoms with Crippen LogP contribution in [0.15, 0.2) is 16.7 Å². The number of methoxy groups -OCH3 is 1. The maximum atomic E-state index is 5.16. The van der Waals surface area contributed by atoms with E-state index in [-0.39, 0.29) is 0 Å². The third-order valence-corrected chi connectivity index (χ3v) is 2.44. The molecule has 0 saturated carbocycles. The molecule has 102 valence electrons. The number of ether oxygens (including phenoxy) is 1. The predicted molar refractivity (Wildman–Crippen MR) is 68.7 cm³/mol. The van der Waals surface area contributed by atoms with Crippen LogP contribution in [0.5, 0.6) is 5.88 Å². The third-order valence-electron chi connectivity index (χ3n) is 2.44. The minimum absolute atomic E-state index is 0.440. The highest BCUT2D eigenvalue weighted by atomic mass is 16.5. The van der Waals surface area contributed by atoms with E-state index >= 15 is 0 Å². The second-order valence-electron chi connectivity index (χ2n) is 4.33. The number of aromatic nitrogens is 4. The standard InChI is InChI=1S/C12H17N5O2/c1-8(2)13-7-6-10-14-12(17-19-10)9-4-5-11(18-3)16-15-9/h4-5,8,13H,6-7H2,1-3H3. The highest BCUT2D eigenvalue weighted by Gasteiger charge is 2.10. The molecule has 0 aliphatic heterocycles. The zero-order valence-corrected chi connectivity index (χ0v) is 11.3. The molecule has 0 aliphatic rings. The molecule has 0 aromatic carbocycles. The smallest absolute Gasteiger partial charge is 0.233 e. The van der Waals surface area contributed by atoms with Crippen LogP contribution in [0.3, 0.4) is 0 Å². The molecule has 0 saturated heterocycles. The number of hydrogen-bond acceptors (Lipinski definition) is 7. The minimum atomic E-state index is 0.440. The van der Waals surface area contributed by atoms with Gasteiger partial charge in [-0.15, -0.1) is 10.2 Å². The van der Waals surface area contributed by atoms with Gasteiger partial charge in [-0.05, 0) is 6.07 Å². The zero-order chi connectivity index (χ0) is 13.7. The Bertz CT molecular complexity index is 509. The molecule has 7 heteroatoms. The molecule has 0 radical (unpaired) electrons. The van der Waals surface area contributed by atoms with Crippen molar-refractivity contribution in [2.24, 2.45) is 0 Å². The van der Waals surface area contributed by atoms with E-state index in [1.54, 1.807) is 12.1 Å². The first kappa shape index (κ1) is 13.4. The van der Waals surface area contributed by atoms with Crippen LogP contribution in [-0.4, -0.2) is 40.0 Å². The van der Waals surface area contributed by atoms with Crippen LogP contribution in [0.2, 0.25) is 0 Å². The van der Waals surface area contributed by atoms with E-state index in [0.29, 0.717) is 35.8 Å². The van der Waals surface area contributed by atoms with Crippen molar-refractivity contribution >= 4 is 0 Å². The molecule has 1 N–H and O–H groups in total. The topological polar surface area (TPSA) is 86.0 Å². The lowest BCUT2D eigenvalue weighted by molar-refractivity contribution is 0.374. The molecule has 7 nitrogen and oxygen atoms in total. The maximum Gasteiger partial charge on any atom is 0.233 e. The summed E-state index contributed by atoms with van der Waals surface area (Å²) in [4.78, 5) is 4.27. The van der Waals surface area contributed by atoms with Crippen LogP contribution in [0.25, 0.3) is 11.5 Å². The van der Waals surface area contributed by atoms with Gasteiger partial charge in [-0.1, -0.05) is 19.0 Å². The van der Waals surface area contributed by atoms with Gasteiger partial charge in [0, 0.05) is 25.1 Å². The van der Waals surface area contributed by atoms with Crippen LogP contribution in [0.1, 0.15) is 19.7 Å². The highest BCUT2D eigenvalue weighted by molar-refractivity contribution is 5.47. The summed E-state index contributed by atoms with van der Waals surface area (Å²) >= 11 is 0. The Morgan fingerprint density at radius 3 is 2.79 bits per heavy atom. The van der Waals surface area contributed by atoms with Gasteiger partial charge in [-0.3, -0.25) is 0 Å². The Balaban J connectivity index is 1.99. The van der Waals surface area contributed by atoms with E-state index < -0.39 is 0 Å². The summed E-state index contributed by atoms with van der Waals surface area (Å²) in [6, 6.07) is 3.89. The van der Waals surface area contributed by atoms with Gasteiger partial charge in [0.15, 0.2) is 0 Å². The van der Waals surface area contributed by atoms with Crippen molar-refractivity contribution in [2.45, 2.75) is 26.3 Å². The average molecular weight is 263 g/mol. The van der Waals surface area contributed by atoms with Crippen molar-refractivity contribution < 1.29 is 9.26 Å². The molecule has 19 heavy (non-hydrogen) atoms. The number of nitrogens with one attached hydrogen (secondary N) is 1. The molecular weight excluding hydrogens is 246 g/mol. The van der Waals surface area contributed by atoms with Crippen molar-refractivity contribution in [3.05, 3.63) is 18.0 Å². The fraction of sp³-hybridized carbons (Fsp3) is 0.500. The van der Waals surface area contributed by atoms with Crippen LogP contribution >= 0.6 is 0 Å². The van der Waals surface area contributed by atoms with Gasteiger partial charge in [0.25, 0.3) is 0 Å². The first-order chi connectivity index (χ1) is 9.19. The van der Waals surface area contributed by atoms with Gasteiger partial charge in [0.05, 0.1) is 7.11 Å². The van der Waals surface area contributed by atoms with Gasteiger partial charge >= 0.3 is 0 Å². The maximum absolute atomic E-state index is 5.16. The summed E-state index contributed by atoms with van der Waals surface area (Å²) in [6.45, 7) is 4.98. The molecule has 0 aliphatic carbocycles. The molecule has 0 fully saturated rings. The molecule has 2 aromatic rings. The molecule has 0 spiro atoms. The number of hydrogen-bond donors (Lipinski definition) is 1. The lowest BCUT2D eigenvalue weighted by atomic mass is 10.3. The van der Waals surface area contributed by atoms with E-state index in [9.17, 15) is 0 Å². The molecule has 0 amide bonds. The van der Waals surface area contributed by atoms with Crippen molar-refractivity contribution in [2.75, 3.05) is 13.7 Å². The predicted octanol–water partition coefficient (Wildman–Crippen LogP) is 1.08. The fourth-order valence-electron chi connectivity index (χ4n) is 1.48. The first-order valence-electron chi connectivity index (χ1n) is 6.13. The SMILES string of the molecule is COc1ccc(-c2noc(CCNC(C)C)n2)nn1. The lowest BCUT2D eigenvalue weighted by Gasteiger charge is -2.04. The van der Waals surface area contributed by atoms with E-state index in [2.05, 4.69) is 39.5 Å². The zero-order valence-electron chi connectivity index (χ0n) is 11.3. The lowest BCUT2D eigenvalue weighted by Crippen LogP contribution is -2.25. The summed E-state index contributed by atoms with van der Waals surface area (Å²) < 4.78 is 10.1. The molecule has 0 unspecified atom stereocenters. The molecule has 2 heterocycles. The van der Waals surface area contributed by atoms with Gasteiger partial charge in [0.1, 0.15) is 5.69 Å². The average Bonchev–Trinajstić information content (AvgIpc) is 2.87. The second-order valence-corrected chi connectivity index (χ2v) is 4.33. The molecule has 0 atom stereocenters. The van der Waals surface area contributed by atoms with Gasteiger partial charge < -0.3 is 14.6 Å². The van der Waals surface area contributed by atoms with E-state index in [1.165, 1.54) is 7.11 Å². The van der Waals surface area contributed by atoms with E-state index in [4.69, 9.17) is 9.26 Å². The van der Waals surface area contributed by atoms with Crippen LogP contribution in [-0.2, 0) is 6.42 Å². The summed E-state index contributed by atoms with van der Waals surface area (Å²) in [7, 11) is 1.54. The summed E-state index contributed by atoms with van der Waals surface area (Å²) in [5.41, 5.74) is 0.563. The van der Waals surface area contributed by atoms with Crippen molar-refractivity contribution in [3.63, 3.8) is 0 Å². The molecule has 2 aromatic heterocycles. The number of nitrogens with zero attached hydrogens (tertiary/aromatic N) is 4. The largest absolute Gasteiger partial charge is 0.480 e. The van der Waals surface area contributed by atoms with E-state index in [0.717, 1.165) is 6.54 Å². The quantitative estimate of drug-likeness (QED) is 0.834. The Morgan fingerprint density at radius 1 is 1.32 bits per heavy atom. The highest BCUT2D eigenvalue weighted by Crippen LogP contribution is 2.14. The second kappa shape index (κ2) is 6.24. The number of rotatable bonds is 6. The summed E-state index contributed by atoms with van der Waals surface area (Å²) in [5.74, 6) is 1.48. The third kappa shape index (κ3) is 3.72. The Kier molecular flexibility index (Phi) is 4.40. The van der Waals surface area contributed by atoms with Gasteiger partial charge in [0.2, 0.25) is 17.6 Å². The van der Waals surface area contributed by atoms with Gasteiger partial charge in [-0.25, -0.2) is 0 Å². The molecule has 0 bridgehead atoms. The van der Waals surface area contributed by atoms with Crippen molar-refractivity contribution in [1.82, 2.24) is 25.7 Å². The van der Waals surface area contributed by atoms with Crippen LogP contribution in [0.4, 0.5) is 0 Å². The Labute approximate surface area is 111 Å². The summed E-state index contributed by atoms with van der Waals surface area (Å²) in [5, 5.41) is 15.0. The van der Waals surface area contributed by atoms with Crippen molar-refractivity contribution in [1.29, 1.82) is 0 Å². The minimum Gasteiger partial charge on any atom is -0.480 e. The van der Waals surface area contributed by atoms with Crippen molar-refractivity contribution in [3.8, 4) is 17.4 Å². The van der Waals surface area contributed by atoms with Crippen LogP contribution < -0.4 is 10.1 Å². The Morgan fingerprint density at radius 2 is 2.16 bits per heavy atom. The molecule has 2 rings (SSSR count). The Hall–Kier alpha value is -2.02. The normalized spacial score (nSPS) is 10.9. The van der Waals surface area contributed by atoms with E-state index in [1.807, 2.05) is 0 Å². The first-order valence-corrected chi connectivity index (χ1v) is 6.13.